The van der Waals surface area contributed by atoms with Crippen molar-refractivity contribution in [3.05, 3.63) is 36.0 Å². The van der Waals surface area contributed by atoms with Crippen molar-refractivity contribution in [3.8, 4) is 0 Å². The molecule has 1 rings (SSSR count). The van der Waals surface area contributed by atoms with E-state index in [1.165, 1.54) is 11.1 Å². The summed E-state index contributed by atoms with van der Waals surface area (Å²) >= 11 is 0. The minimum atomic E-state index is 0.172. The van der Waals surface area contributed by atoms with Crippen molar-refractivity contribution < 1.29 is 4.79 Å². The van der Waals surface area contributed by atoms with E-state index < -0.39 is 0 Å². The standard InChI is InChI=1S/C12H17NO/c1-3-6-11-10(4-2)7-5-8-12(11)13-9-14/h3-4,6,9,12H,2,5,7-8H2,1H3,(H,13,14)/b6-3-. The Morgan fingerprint density at radius 2 is 2.36 bits per heavy atom. The van der Waals surface area contributed by atoms with Gasteiger partial charge in [-0.2, -0.15) is 0 Å². The van der Waals surface area contributed by atoms with Gasteiger partial charge in [0.15, 0.2) is 0 Å². The second-order valence-corrected chi connectivity index (χ2v) is 3.41. The zero-order chi connectivity index (χ0) is 10.4. The van der Waals surface area contributed by atoms with Crippen molar-refractivity contribution in [2.24, 2.45) is 0 Å². The molecule has 0 fully saturated rings. The summed E-state index contributed by atoms with van der Waals surface area (Å²) in [5.41, 5.74) is 2.47. The van der Waals surface area contributed by atoms with Gasteiger partial charge in [-0.1, -0.05) is 24.8 Å². The van der Waals surface area contributed by atoms with Crippen molar-refractivity contribution in [1.29, 1.82) is 0 Å². The van der Waals surface area contributed by atoms with E-state index in [1.54, 1.807) is 0 Å². The second kappa shape index (κ2) is 5.43. The summed E-state index contributed by atoms with van der Waals surface area (Å²) in [5, 5.41) is 2.85. The Kier molecular flexibility index (Phi) is 4.17. The van der Waals surface area contributed by atoms with E-state index in [2.05, 4.69) is 18.0 Å². The van der Waals surface area contributed by atoms with Gasteiger partial charge >= 0.3 is 0 Å². The zero-order valence-electron chi connectivity index (χ0n) is 8.62. The van der Waals surface area contributed by atoms with Crippen LogP contribution in [0, 0.1) is 0 Å². The van der Waals surface area contributed by atoms with Crippen LogP contribution in [0.3, 0.4) is 0 Å². The minimum absolute atomic E-state index is 0.172. The third-order valence-corrected chi connectivity index (χ3v) is 2.55. The predicted molar refractivity (Wildman–Crippen MR) is 58.9 cm³/mol. The highest BCUT2D eigenvalue weighted by atomic mass is 16.1. The number of hydrogen-bond donors (Lipinski definition) is 1. The van der Waals surface area contributed by atoms with Crippen LogP contribution in [0.5, 0.6) is 0 Å². The van der Waals surface area contributed by atoms with Gasteiger partial charge in [0.2, 0.25) is 6.41 Å². The van der Waals surface area contributed by atoms with E-state index in [9.17, 15) is 4.79 Å². The van der Waals surface area contributed by atoms with Gasteiger partial charge < -0.3 is 5.32 Å². The molecule has 0 radical (unpaired) electrons. The number of rotatable bonds is 4. The molecule has 1 N–H and O–H groups in total. The number of carbonyl (C=O) groups excluding carboxylic acids is 1. The number of amides is 1. The maximum absolute atomic E-state index is 10.4. The van der Waals surface area contributed by atoms with Crippen molar-refractivity contribution in [1.82, 2.24) is 5.32 Å². The van der Waals surface area contributed by atoms with E-state index in [1.807, 2.05) is 19.1 Å². The first kappa shape index (κ1) is 10.8. The lowest BCUT2D eigenvalue weighted by molar-refractivity contribution is -0.110. The van der Waals surface area contributed by atoms with Crippen LogP contribution in [0.25, 0.3) is 0 Å². The number of nitrogens with one attached hydrogen (secondary N) is 1. The largest absolute Gasteiger partial charge is 0.352 e. The molecule has 0 saturated heterocycles. The SMILES string of the molecule is C=CC1=C(/C=C\C)C(NC=O)CCC1. The molecule has 2 heteroatoms. The molecule has 0 aromatic rings. The molecule has 1 aliphatic carbocycles. The maximum atomic E-state index is 10.4. The summed E-state index contributed by atoms with van der Waals surface area (Å²) in [5.74, 6) is 0. The molecule has 0 aromatic carbocycles. The Labute approximate surface area is 85.4 Å². The lowest BCUT2D eigenvalue weighted by Crippen LogP contribution is -2.31. The molecule has 0 aromatic heterocycles. The topological polar surface area (TPSA) is 29.1 Å². The summed E-state index contributed by atoms with van der Waals surface area (Å²) in [4.78, 5) is 10.4. The van der Waals surface area contributed by atoms with Crippen LogP contribution in [-0.4, -0.2) is 12.5 Å². The Hall–Kier alpha value is -1.31. The van der Waals surface area contributed by atoms with E-state index in [-0.39, 0.29) is 6.04 Å². The molecule has 1 unspecified atom stereocenters. The van der Waals surface area contributed by atoms with E-state index in [0.29, 0.717) is 0 Å². The Morgan fingerprint density at radius 1 is 1.57 bits per heavy atom. The fourth-order valence-electron chi connectivity index (χ4n) is 1.90. The smallest absolute Gasteiger partial charge is 0.207 e. The Morgan fingerprint density at radius 3 is 2.93 bits per heavy atom. The quantitative estimate of drug-likeness (QED) is 0.679. The fraction of sp³-hybridized carbons (Fsp3) is 0.417. The van der Waals surface area contributed by atoms with Gasteiger partial charge in [-0.15, -0.1) is 0 Å². The molecule has 1 atom stereocenters. The fourth-order valence-corrected chi connectivity index (χ4v) is 1.90. The van der Waals surface area contributed by atoms with Gasteiger partial charge in [0.05, 0.1) is 6.04 Å². The summed E-state index contributed by atoms with van der Waals surface area (Å²) < 4.78 is 0. The molecule has 0 saturated carbocycles. The third-order valence-electron chi connectivity index (χ3n) is 2.55. The molecule has 14 heavy (non-hydrogen) atoms. The molecule has 0 spiro atoms. The van der Waals surface area contributed by atoms with Crippen LogP contribution < -0.4 is 5.32 Å². The predicted octanol–water partition coefficient (Wildman–Crippen LogP) is 2.34. The first-order valence-corrected chi connectivity index (χ1v) is 5.01. The third kappa shape index (κ3) is 2.34. The monoisotopic (exact) mass is 191 g/mol. The van der Waals surface area contributed by atoms with E-state index in [4.69, 9.17) is 0 Å². The Balaban J connectivity index is 2.94. The molecular weight excluding hydrogens is 174 g/mol. The first-order chi connectivity index (χ1) is 6.83. The average molecular weight is 191 g/mol. The van der Waals surface area contributed by atoms with Gasteiger partial charge in [0.1, 0.15) is 0 Å². The highest BCUT2D eigenvalue weighted by molar-refractivity contribution is 5.50. The molecule has 2 nitrogen and oxygen atoms in total. The van der Waals surface area contributed by atoms with Crippen LogP contribution in [0.1, 0.15) is 26.2 Å². The van der Waals surface area contributed by atoms with Crippen LogP contribution in [0.15, 0.2) is 36.0 Å². The summed E-state index contributed by atoms with van der Waals surface area (Å²) in [6.45, 7) is 5.79. The molecule has 0 aliphatic heterocycles. The number of carbonyl (C=O) groups is 1. The molecule has 1 aliphatic rings. The first-order valence-electron chi connectivity index (χ1n) is 5.01. The number of hydrogen-bond acceptors (Lipinski definition) is 1. The zero-order valence-corrected chi connectivity index (χ0v) is 8.62. The highest BCUT2D eigenvalue weighted by Gasteiger charge is 2.18. The average Bonchev–Trinajstić information content (AvgIpc) is 2.21. The lowest BCUT2D eigenvalue weighted by atomic mass is 9.87. The molecule has 0 bridgehead atoms. The van der Waals surface area contributed by atoms with Gasteiger partial charge in [-0.25, -0.2) is 0 Å². The van der Waals surface area contributed by atoms with Crippen molar-refractivity contribution in [3.63, 3.8) is 0 Å². The van der Waals surface area contributed by atoms with E-state index in [0.717, 1.165) is 25.7 Å². The molecular formula is C12H17NO. The Bertz CT molecular complexity index is 276. The molecule has 0 heterocycles. The maximum Gasteiger partial charge on any atom is 0.207 e. The van der Waals surface area contributed by atoms with Crippen LogP contribution in [-0.2, 0) is 4.79 Å². The van der Waals surface area contributed by atoms with Gasteiger partial charge in [0, 0.05) is 0 Å². The lowest BCUT2D eigenvalue weighted by Gasteiger charge is -2.25. The highest BCUT2D eigenvalue weighted by Crippen LogP contribution is 2.26. The summed E-state index contributed by atoms with van der Waals surface area (Å²) in [7, 11) is 0. The van der Waals surface area contributed by atoms with Crippen molar-refractivity contribution in [2.45, 2.75) is 32.2 Å². The second-order valence-electron chi connectivity index (χ2n) is 3.41. The summed E-state index contributed by atoms with van der Waals surface area (Å²) in [6, 6.07) is 0.172. The summed E-state index contributed by atoms with van der Waals surface area (Å²) in [6.07, 6.45) is 9.96. The normalized spacial score (nSPS) is 22.5. The van der Waals surface area contributed by atoms with Crippen LogP contribution >= 0.6 is 0 Å². The van der Waals surface area contributed by atoms with Gasteiger partial charge in [-0.3, -0.25) is 4.79 Å². The van der Waals surface area contributed by atoms with E-state index >= 15 is 0 Å². The van der Waals surface area contributed by atoms with Crippen molar-refractivity contribution in [2.75, 3.05) is 0 Å². The van der Waals surface area contributed by atoms with Gasteiger partial charge in [-0.05, 0) is 37.3 Å². The minimum Gasteiger partial charge on any atom is -0.352 e. The molecule has 76 valence electrons. The van der Waals surface area contributed by atoms with Gasteiger partial charge in [0.25, 0.3) is 0 Å². The van der Waals surface area contributed by atoms with Crippen LogP contribution in [0.4, 0.5) is 0 Å². The number of allylic oxidation sites excluding steroid dienone is 3. The van der Waals surface area contributed by atoms with Crippen LogP contribution in [0.2, 0.25) is 0 Å². The molecule has 1 amide bonds. The van der Waals surface area contributed by atoms with Crippen molar-refractivity contribution >= 4 is 6.41 Å².